The van der Waals surface area contributed by atoms with Crippen LogP contribution in [0.4, 0.5) is 13.2 Å². The number of halogens is 3. The van der Waals surface area contributed by atoms with Gasteiger partial charge in [-0.15, -0.1) is 0 Å². The van der Waals surface area contributed by atoms with Gasteiger partial charge in [-0.05, 0) is 12.1 Å². The van der Waals surface area contributed by atoms with E-state index < -0.39 is 11.7 Å². The number of nitrogens with one attached hydrogen (secondary N) is 1. The molecule has 5 nitrogen and oxygen atoms in total. The molecule has 0 atom stereocenters. The van der Waals surface area contributed by atoms with E-state index in [2.05, 4.69) is 10.3 Å². The third-order valence-electron chi connectivity index (χ3n) is 3.08. The lowest BCUT2D eigenvalue weighted by molar-refractivity contribution is -0.137. The molecule has 0 radical (unpaired) electrons. The van der Waals surface area contributed by atoms with Crippen LogP contribution in [0.2, 0.25) is 0 Å². The van der Waals surface area contributed by atoms with Crippen molar-refractivity contribution in [3.8, 4) is 11.6 Å². The molecule has 1 aromatic carbocycles. The van der Waals surface area contributed by atoms with Crippen LogP contribution in [0.5, 0.6) is 11.6 Å². The predicted molar refractivity (Wildman–Crippen MR) is 79.6 cm³/mol. The zero-order valence-electron chi connectivity index (χ0n) is 12.5. The second-order valence-electron chi connectivity index (χ2n) is 4.89. The molecule has 0 saturated heterocycles. The summed E-state index contributed by atoms with van der Waals surface area (Å²) >= 11 is 0. The summed E-state index contributed by atoms with van der Waals surface area (Å²) in [5.74, 6) is -0.226. The van der Waals surface area contributed by atoms with Gasteiger partial charge in [-0.25, -0.2) is 4.98 Å². The van der Waals surface area contributed by atoms with Crippen molar-refractivity contribution in [3.05, 3.63) is 53.7 Å². The SMILES string of the molecule is O=C(Cc1ccccc1O)NCCOc1ccc(C(F)(F)F)cn1. The van der Waals surface area contributed by atoms with Crippen molar-refractivity contribution < 1.29 is 27.8 Å². The molecule has 8 heteroatoms. The number of hydrogen-bond acceptors (Lipinski definition) is 4. The molecule has 2 N–H and O–H groups in total. The Morgan fingerprint density at radius 1 is 1.21 bits per heavy atom. The first kappa shape index (κ1) is 17.6. The van der Waals surface area contributed by atoms with Crippen LogP contribution in [-0.2, 0) is 17.4 Å². The number of amides is 1. The third-order valence-corrected chi connectivity index (χ3v) is 3.08. The number of carbonyl (C=O) groups is 1. The molecular weight excluding hydrogens is 325 g/mol. The lowest BCUT2D eigenvalue weighted by Gasteiger charge is -2.09. The van der Waals surface area contributed by atoms with Crippen LogP contribution in [0.1, 0.15) is 11.1 Å². The van der Waals surface area contributed by atoms with E-state index in [9.17, 15) is 23.1 Å². The number of hydrogen-bond donors (Lipinski definition) is 2. The van der Waals surface area contributed by atoms with Crippen LogP contribution >= 0.6 is 0 Å². The van der Waals surface area contributed by atoms with Crippen molar-refractivity contribution in [1.29, 1.82) is 0 Å². The van der Waals surface area contributed by atoms with E-state index in [1.165, 1.54) is 6.07 Å². The molecular formula is C16H15F3N2O3. The van der Waals surface area contributed by atoms with Gasteiger partial charge in [0.2, 0.25) is 11.8 Å². The average Bonchev–Trinajstić information content (AvgIpc) is 2.53. The highest BCUT2D eigenvalue weighted by atomic mass is 19.4. The fraction of sp³-hybridized carbons (Fsp3) is 0.250. The largest absolute Gasteiger partial charge is 0.508 e. The number of pyridine rings is 1. The molecule has 0 fully saturated rings. The maximum Gasteiger partial charge on any atom is 0.417 e. The Labute approximate surface area is 136 Å². The Morgan fingerprint density at radius 2 is 1.96 bits per heavy atom. The van der Waals surface area contributed by atoms with Gasteiger partial charge in [-0.1, -0.05) is 18.2 Å². The molecule has 0 aliphatic rings. The average molecular weight is 340 g/mol. The number of aromatic hydroxyl groups is 1. The van der Waals surface area contributed by atoms with Crippen LogP contribution in [0, 0.1) is 0 Å². The molecule has 0 saturated carbocycles. The third kappa shape index (κ3) is 5.15. The summed E-state index contributed by atoms with van der Waals surface area (Å²) in [5, 5.41) is 12.1. The number of phenols is 1. The molecule has 1 amide bonds. The second-order valence-corrected chi connectivity index (χ2v) is 4.89. The normalized spacial score (nSPS) is 11.1. The van der Waals surface area contributed by atoms with Gasteiger partial charge in [-0.2, -0.15) is 13.2 Å². The predicted octanol–water partition coefficient (Wildman–Crippen LogP) is 2.54. The molecule has 0 bridgehead atoms. The molecule has 0 unspecified atom stereocenters. The van der Waals surface area contributed by atoms with Gasteiger partial charge < -0.3 is 15.2 Å². The first-order valence-electron chi connectivity index (χ1n) is 7.06. The molecule has 2 rings (SSSR count). The molecule has 2 aromatic rings. The number of alkyl halides is 3. The van der Waals surface area contributed by atoms with Crippen LogP contribution in [0.25, 0.3) is 0 Å². The highest BCUT2D eigenvalue weighted by Crippen LogP contribution is 2.29. The molecule has 1 aromatic heterocycles. The summed E-state index contributed by atoms with van der Waals surface area (Å²) in [5.41, 5.74) is -0.355. The van der Waals surface area contributed by atoms with Gasteiger partial charge in [0.25, 0.3) is 0 Å². The highest BCUT2D eigenvalue weighted by Gasteiger charge is 2.30. The van der Waals surface area contributed by atoms with Crippen molar-refractivity contribution in [2.45, 2.75) is 12.6 Å². The molecule has 0 spiro atoms. The Kier molecular flexibility index (Phi) is 5.62. The second kappa shape index (κ2) is 7.67. The lowest BCUT2D eigenvalue weighted by atomic mass is 10.1. The summed E-state index contributed by atoms with van der Waals surface area (Å²) in [4.78, 5) is 15.3. The standard InChI is InChI=1S/C16H15F3N2O3/c17-16(18,19)12-5-6-15(21-10-12)24-8-7-20-14(23)9-11-3-1-2-4-13(11)22/h1-6,10,22H,7-9H2,(H,20,23). The smallest absolute Gasteiger partial charge is 0.417 e. The molecule has 1 heterocycles. The van der Waals surface area contributed by atoms with Gasteiger partial charge >= 0.3 is 6.18 Å². The van der Waals surface area contributed by atoms with Gasteiger partial charge in [0.1, 0.15) is 12.4 Å². The minimum absolute atomic E-state index is 0.0191. The number of nitrogens with zero attached hydrogens (tertiary/aromatic N) is 1. The zero-order chi connectivity index (χ0) is 17.6. The maximum atomic E-state index is 12.4. The summed E-state index contributed by atoms with van der Waals surface area (Å²) in [6.07, 6.45) is -3.74. The number of phenolic OH excluding ortho intramolecular Hbond substituents is 1. The zero-order valence-corrected chi connectivity index (χ0v) is 12.5. The topological polar surface area (TPSA) is 71.5 Å². The van der Waals surface area contributed by atoms with Crippen LogP contribution < -0.4 is 10.1 Å². The number of benzene rings is 1. The van der Waals surface area contributed by atoms with Crippen molar-refractivity contribution in [2.24, 2.45) is 0 Å². The summed E-state index contributed by atoms with van der Waals surface area (Å²) in [6.45, 7) is 0.222. The van der Waals surface area contributed by atoms with Gasteiger partial charge in [0, 0.05) is 17.8 Å². The highest BCUT2D eigenvalue weighted by molar-refractivity contribution is 5.79. The first-order valence-corrected chi connectivity index (χ1v) is 7.06. The Hall–Kier alpha value is -2.77. The number of ether oxygens (including phenoxy) is 1. The van der Waals surface area contributed by atoms with E-state index in [0.29, 0.717) is 11.8 Å². The fourth-order valence-corrected chi connectivity index (χ4v) is 1.88. The Balaban J connectivity index is 1.73. The number of para-hydroxylation sites is 1. The van der Waals surface area contributed by atoms with E-state index in [-0.39, 0.29) is 37.1 Å². The van der Waals surface area contributed by atoms with Crippen molar-refractivity contribution in [1.82, 2.24) is 10.3 Å². The number of carbonyl (C=O) groups excluding carboxylic acids is 1. The maximum absolute atomic E-state index is 12.4. The summed E-state index contributed by atoms with van der Waals surface area (Å²) in [6, 6.07) is 8.48. The van der Waals surface area contributed by atoms with Crippen LogP contribution in [0.15, 0.2) is 42.6 Å². The molecule has 0 aliphatic carbocycles. The molecule has 24 heavy (non-hydrogen) atoms. The van der Waals surface area contributed by atoms with E-state index in [1.54, 1.807) is 18.2 Å². The van der Waals surface area contributed by atoms with E-state index >= 15 is 0 Å². The minimum atomic E-state index is -4.44. The summed E-state index contributed by atoms with van der Waals surface area (Å²) in [7, 11) is 0. The number of aromatic nitrogens is 1. The number of rotatable bonds is 6. The first-order chi connectivity index (χ1) is 11.4. The van der Waals surface area contributed by atoms with Crippen LogP contribution in [0.3, 0.4) is 0 Å². The van der Waals surface area contributed by atoms with Gasteiger partial charge in [0.15, 0.2) is 0 Å². The fourth-order valence-electron chi connectivity index (χ4n) is 1.88. The van der Waals surface area contributed by atoms with Crippen LogP contribution in [-0.4, -0.2) is 29.1 Å². The molecule has 0 aliphatic heterocycles. The van der Waals surface area contributed by atoms with E-state index in [0.717, 1.165) is 12.1 Å². The lowest BCUT2D eigenvalue weighted by Crippen LogP contribution is -2.29. The van der Waals surface area contributed by atoms with Gasteiger partial charge in [0.05, 0.1) is 18.5 Å². The van der Waals surface area contributed by atoms with Crippen molar-refractivity contribution in [3.63, 3.8) is 0 Å². The quantitative estimate of drug-likeness (QED) is 0.793. The summed E-state index contributed by atoms with van der Waals surface area (Å²) < 4.78 is 42.3. The van der Waals surface area contributed by atoms with Crippen molar-refractivity contribution >= 4 is 5.91 Å². The molecule has 128 valence electrons. The Bertz CT molecular complexity index is 688. The van der Waals surface area contributed by atoms with Crippen molar-refractivity contribution in [2.75, 3.05) is 13.2 Å². The monoisotopic (exact) mass is 340 g/mol. The van der Waals surface area contributed by atoms with E-state index in [1.807, 2.05) is 0 Å². The Morgan fingerprint density at radius 3 is 2.58 bits per heavy atom. The van der Waals surface area contributed by atoms with E-state index in [4.69, 9.17) is 4.74 Å². The minimum Gasteiger partial charge on any atom is -0.508 e. The van der Waals surface area contributed by atoms with Gasteiger partial charge in [-0.3, -0.25) is 4.79 Å².